The van der Waals surface area contributed by atoms with E-state index in [9.17, 15) is 13.2 Å². The molecule has 19 rings (SSSR count). The highest BCUT2D eigenvalue weighted by atomic mass is 19.4. The molecule has 0 fully saturated rings. The van der Waals surface area contributed by atoms with Crippen LogP contribution in [0.1, 0.15) is 22.9 Å². The Balaban J connectivity index is 0.957. The minimum atomic E-state index is -4.63. The molecule has 0 aliphatic carbocycles. The Kier molecular flexibility index (Phi) is 12.1. The van der Waals surface area contributed by atoms with Gasteiger partial charge in [-0.05, 0) is 160 Å². The summed E-state index contributed by atoms with van der Waals surface area (Å²) in [5, 5.41) is 13.9. The second kappa shape index (κ2) is 21.1. The summed E-state index contributed by atoms with van der Waals surface area (Å²) in [7, 11) is 0. The predicted molar refractivity (Wildman–Crippen MR) is 386 cm³/mol. The summed E-state index contributed by atoms with van der Waals surface area (Å²) in [6.07, 6.45) is 1.23. The van der Waals surface area contributed by atoms with Crippen molar-refractivity contribution in [3.05, 3.63) is 320 Å². The first-order chi connectivity index (χ1) is 46.7. The molecule has 4 heterocycles. The maximum absolute atomic E-state index is 14.3. The molecule has 3 aromatic heterocycles. The number of hydrogen-bond acceptors (Lipinski definition) is 5. The molecule has 1 atom stereocenters. The quantitative estimate of drug-likeness (QED) is 0.135. The van der Waals surface area contributed by atoms with Gasteiger partial charge in [-0.1, -0.05) is 224 Å². The van der Waals surface area contributed by atoms with Crippen LogP contribution in [0.5, 0.6) is 0 Å². The number of pyridine rings is 1. The molecule has 0 spiro atoms. The van der Waals surface area contributed by atoms with Gasteiger partial charge in [0.2, 0.25) is 0 Å². The molecular formula is C87H52F3N3O2. The molecule has 0 radical (unpaired) electrons. The largest absolute Gasteiger partial charge is 0.456 e. The number of alkyl halides is 3. The summed E-state index contributed by atoms with van der Waals surface area (Å²) in [6.45, 7) is 0. The predicted octanol–water partition coefficient (Wildman–Crippen LogP) is 25.1. The van der Waals surface area contributed by atoms with Crippen LogP contribution in [0.15, 0.2) is 312 Å². The lowest BCUT2D eigenvalue weighted by Gasteiger charge is -2.37. The van der Waals surface area contributed by atoms with E-state index in [4.69, 9.17) is 8.83 Å². The van der Waals surface area contributed by atoms with Gasteiger partial charge in [0.15, 0.2) is 0 Å². The van der Waals surface area contributed by atoms with E-state index in [1.807, 2.05) is 18.2 Å². The molecule has 0 saturated heterocycles. The summed E-state index contributed by atoms with van der Waals surface area (Å²) in [5.74, 6) is 0. The number of anilines is 5. The number of aromatic nitrogens is 1. The molecule has 0 saturated carbocycles. The number of benzene rings is 14. The van der Waals surface area contributed by atoms with Crippen molar-refractivity contribution in [3.8, 4) is 44.5 Å². The molecule has 1 aliphatic rings. The number of halogens is 3. The Labute approximate surface area is 543 Å². The summed E-state index contributed by atoms with van der Waals surface area (Å²) < 4.78 is 58.1. The molecule has 1 aliphatic heterocycles. The van der Waals surface area contributed by atoms with Gasteiger partial charge in [0, 0.05) is 73.4 Å². The number of para-hydroxylation sites is 2. The van der Waals surface area contributed by atoms with Gasteiger partial charge in [-0.2, -0.15) is 13.2 Å². The zero-order chi connectivity index (χ0) is 63.0. The smallest absolute Gasteiger partial charge is 0.433 e. The highest BCUT2D eigenvalue weighted by molar-refractivity contribution is 6.38. The summed E-state index contributed by atoms with van der Waals surface area (Å²) in [5.41, 5.74) is 15.9. The lowest BCUT2D eigenvalue weighted by molar-refractivity contribution is -0.141. The zero-order valence-electron chi connectivity index (χ0n) is 50.8. The fourth-order valence-corrected chi connectivity index (χ4v) is 15.3. The topological polar surface area (TPSA) is 45.7 Å². The van der Waals surface area contributed by atoms with E-state index in [2.05, 4.69) is 288 Å². The first kappa shape index (κ1) is 54.5. The Morgan fingerprint density at radius 3 is 1.82 bits per heavy atom. The van der Waals surface area contributed by atoms with Gasteiger partial charge in [0.1, 0.15) is 28.0 Å². The maximum Gasteiger partial charge on any atom is 0.433 e. The molecule has 448 valence electrons. The van der Waals surface area contributed by atoms with Crippen LogP contribution < -0.4 is 9.80 Å². The minimum Gasteiger partial charge on any atom is -0.456 e. The van der Waals surface area contributed by atoms with Crippen LogP contribution >= 0.6 is 0 Å². The summed E-state index contributed by atoms with van der Waals surface area (Å²) >= 11 is 0. The zero-order valence-corrected chi connectivity index (χ0v) is 50.8. The third kappa shape index (κ3) is 8.68. The van der Waals surface area contributed by atoms with Crippen molar-refractivity contribution in [1.82, 2.24) is 4.98 Å². The molecule has 8 heteroatoms. The maximum atomic E-state index is 14.3. The molecule has 5 nitrogen and oxygen atoms in total. The second-order valence-electron chi connectivity index (χ2n) is 24.8. The molecule has 0 N–H and O–H groups in total. The number of nitrogens with zero attached hydrogens (tertiary/aromatic N) is 3. The fraction of sp³-hybridized carbons (Fsp3) is 0.0230. The Morgan fingerprint density at radius 1 is 0.379 bits per heavy atom. The van der Waals surface area contributed by atoms with Gasteiger partial charge in [0.25, 0.3) is 0 Å². The van der Waals surface area contributed by atoms with Crippen molar-refractivity contribution in [3.63, 3.8) is 0 Å². The first-order valence-electron chi connectivity index (χ1n) is 31.9. The number of fused-ring (bicyclic) bond motifs is 7. The van der Waals surface area contributed by atoms with Crippen LogP contribution in [0.4, 0.5) is 41.6 Å². The van der Waals surface area contributed by atoms with E-state index >= 15 is 0 Å². The summed E-state index contributed by atoms with van der Waals surface area (Å²) in [4.78, 5) is 8.81. The number of furan rings is 2. The van der Waals surface area contributed by atoms with Gasteiger partial charge < -0.3 is 18.6 Å². The molecular weight excluding hydrogens is 1180 g/mol. The monoisotopic (exact) mass is 1230 g/mol. The Hall–Kier alpha value is -12.3. The highest BCUT2D eigenvalue weighted by Gasteiger charge is 2.34. The molecule has 0 bridgehead atoms. The summed E-state index contributed by atoms with van der Waals surface area (Å²) in [6, 6.07) is 101. The van der Waals surface area contributed by atoms with Crippen LogP contribution in [0.3, 0.4) is 0 Å². The van der Waals surface area contributed by atoms with Crippen LogP contribution in [-0.4, -0.2) is 4.98 Å². The van der Waals surface area contributed by atoms with Gasteiger partial charge >= 0.3 is 6.18 Å². The lowest BCUT2D eigenvalue weighted by Crippen LogP contribution is -2.25. The average Bonchev–Trinajstić information content (AvgIpc) is 1.57. The van der Waals surface area contributed by atoms with Crippen molar-refractivity contribution in [2.75, 3.05) is 9.80 Å². The van der Waals surface area contributed by atoms with E-state index in [0.717, 1.165) is 154 Å². The van der Waals surface area contributed by atoms with E-state index in [1.165, 1.54) is 12.3 Å². The van der Waals surface area contributed by atoms with Crippen LogP contribution in [0.2, 0.25) is 0 Å². The van der Waals surface area contributed by atoms with Crippen molar-refractivity contribution >= 4 is 132 Å². The van der Waals surface area contributed by atoms with Gasteiger partial charge in [0.05, 0.1) is 17.4 Å². The van der Waals surface area contributed by atoms with Crippen LogP contribution in [0, 0.1) is 0 Å². The number of rotatable bonds is 9. The van der Waals surface area contributed by atoms with Gasteiger partial charge in [-0.25, -0.2) is 0 Å². The van der Waals surface area contributed by atoms with Gasteiger partial charge in [-0.15, -0.1) is 0 Å². The normalized spacial score (nSPS) is 13.5. The van der Waals surface area contributed by atoms with Crippen LogP contribution in [-0.2, 0) is 6.18 Å². The lowest BCUT2D eigenvalue weighted by atomic mass is 9.89. The molecule has 18 aromatic rings. The van der Waals surface area contributed by atoms with Crippen molar-refractivity contribution < 1.29 is 22.0 Å². The van der Waals surface area contributed by atoms with Crippen molar-refractivity contribution in [2.45, 2.75) is 12.2 Å². The molecule has 95 heavy (non-hydrogen) atoms. The third-order valence-electron chi connectivity index (χ3n) is 19.4. The van der Waals surface area contributed by atoms with Crippen molar-refractivity contribution in [2.24, 2.45) is 0 Å². The first-order valence-corrected chi connectivity index (χ1v) is 31.9. The number of hydrogen-bond donors (Lipinski definition) is 0. The van der Waals surface area contributed by atoms with Gasteiger partial charge in [-0.3, -0.25) is 4.98 Å². The second-order valence-corrected chi connectivity index (χ2v) is 24.8. The highest BCUT2D eigenvalue weighted by Crippen LogP contribution is 2.54. The third-order valence-corrected chi connectivity index (χ3v) is 19.4. The Morgan fingerprint density at radius 2 is 1.01 bits per heavy atom. The van der Waals surface area contributed by atoms with E-state index < -0.39 is 11.9 Å². The minimum absolute atomic E-state index is 0.244. The van der Waals surface area contributed by atoms with Crippen LogP contribution in [0.25, 0.3) is 148 Å². The van der Waals surface area contributed by atoms with E-state index in [-0.39, 0.29) is 6.04 Å². The fourth-order valence-electron chi connectivity index (χ4n) is 15.3. The average molecular weight is 1230 g/mol. The Bertz CT molecular complexity index is 6160. The molecule has 0 amide bonds. The molecule has 15 aromatic carbocycles. The van der Waals surface area contributed by atoms with E-state index in [0.29, 0.717) is 33.5 Å². The van der Waals surface area contributed by atoms with E-state index in [1.54, 1.807) is 0 Å². The standard InChI is InChI=1S/C87H52F3N3O2/c88-87(89,90)81-42-38-58(51-91-81)67-39-40-71-73-47-61(92(60-27-5-2-6-28-60)77-45-57-23-8-11-32-66(57)68-33-14-15-34-70(68)77)49-79-82(73)83-74(48-62(50-80(83)94-79)93-75-36-16-9-22-54(75)37-41-76(93)69-35-18-24-53-21-7-10-30-64(53)69)72-44-59(46-78-84(72)85(71)86(67)95-78)55-25-17-26-56(43-55)65-31-13-12-29-63(65)52-19-3-1-4-20-52/h1-51,76H. The van der Waals surface area contributed by atoms with Crippen molar-refractivity contribution in [1.29, 1.82) is 0 Å². The SMILES string of the molecule is FC(F)(F)c1ccc(-c2ccc3c4cc(N(c5ccccc5)c5cc6ccccc6c6ccccc56)cc5oc6cc(N7c8ccccc8C=CC7c7cccc8ccccc78)cc(c7cc(-c8cccc(-c9ccccc9-c9ccccc9)c8)cc8oc2c3c87)c6c54)cn1. The molecule has 1 unspecified atom stereocenters.